The summed E-state index contributed by atoms with van der Waals surface area (Å²) in [6.45, 7) is 0. The van der Waals surface area contributed by atoms with E-state index in [1.54, 1.807) is 20.2 Å². The Hall–Kier alpha value is -3.81. The van der Waals surface area contributed by atoms with Crippen LogP contribution in [0, 0.1) is 29.6 Å². The highest BCUT2D eigenvalue weighted by atomic mass is 16.3. The number of hydrogen-bond acceptors (Lipinski definition) is 9. The van der Waals surface area contributed by atoms with E-state index in [-0.39, 0.29) is 35.6 Å². The molecule has 1 fully saturated rings. The Balaban J connectivity index is 1.70. The average Bonchev–Trinajstić information content (AvgIpc) is 3.39. The van der Waals surface area contributed by atoms with Crippen LogP contribution in [-0.4, -0.2) is 82.6 Å². The van der Waals surface area contributed by atoms with Crippen LogP contribution in [0.15, 0.2) is 28.7 Å². The molecule has 10 heteroatoms. The van der Waals surface area contributed by atoms with Gasteiger partial charge in [-0.25, -0.2) is 0 Å². The summed E-state index contributed by atoms with van der Waals surface area (Å²) < 4.78 is 0. The van der Waals surface area contributed by atoms with Crippen molar-refractivity contribution in [3.8, 4) is 17.6 Å². The zero-order valence-corrected chi connectivity index (χ0v) is 23.1. The van der Waals surface area contributed by atoms with Gasteiger partial charge in [0.15, 0.2) is 11.4 Å². The van der Waals surface area contributed by atoms with E-state index in [1.165, 1.54) is 4.90 Å². The molecule has 0 aliphatic heterocycles. The number of hydrogen-bond donors (Lipinski definition) is 5. The van der Waals surface area contributed by atoms with Crippen LogP contribution >= 0.6 is 0 Å². The summed E-state index contributed by atoms with van der Waals surface area (Å²) in [5.74, 6) is -0.185. The highest BCUT2D eigenvalue weighted by Crippen LogP contribution is 2.53. The number of likely N-dealkylation sites (N-methyl/N-ethyl adjacent to an activating group) is 1. The number of allylic oxidation sites excluding steroid dienone is 1. The van der Waals surface area contributed by atoms with Gasteiger partial charge in [-0.2, -0.15) is 0 Å². The van der Waals surface area contributed by atoms with E-state index < -0.39 is 58.0 Å². The number of nitrogens with zero attached hydrogens (tertiary/aromatic N) is 2. The topological polar surface area (TPSA) is 165 Å². The van der Waals surface area contributed by atoms with Crippen LogP contribution in [0.3, 0.4) is 0 Å². The van der Waals surface area contributed by atoms with Crippen LogP contribution in [0.25, 0.3) is 0 Å². The third-order valence-electron chi connectivity index (χ3n) is 8.95. The van der Waals surface area contributed by atoms with Crippen molar-refractivity contribution in [1.82, 2.24) is 4.90 Å². The fourth-order valence-corrected chi connectivity index (χ4v) is 7.04. The molecule has 1 aromatic carbocycles. The van der Waals surface area contributed by atoms with Crippen molar-refractivity contribution in [2.24, 2.45) is 23.5 Å². The number of ketones is 2. The van der Waals surface area contributed by atoms with E-state index in [4.69, 9.17) is 5.73 Å². The molecule has 1 saturated carbocycles. The third kappa shape index (κ3) is 3.91. The maximum atomic E-state index is 14.1. The van der Waals surface area contributed by atoms with Crippen molar-refractivity contribution in [3.05, 3.63) is 45.4 Å². The first kappa shape index (κ1) is 27.7. The first-order chi connectivity index (χ1) is 18.8. The van der Waals surface area contributed by atoms with E-state index in [2.05, 4.69) is 11.8 Å². The van der Waals surface area contributed by atoms with E-state index in [9.17, 15) is 34.8 Å². The Morgan fingerprint density at radius 1 is 1.10 bits per heavy atom. The number of carbonyl (C=O) groups excluding carboxylic acids is 3. The summed E-state index contributed by atoms with van der Waals surface area (Å²) in [5.41, 5.74) is 3.26. The lowest BCUT2D eigenvalue weighted by Gasteiger charge is -2.50. The van der Waals surface area contributed by atoms with Gasteiger partial charge in [0, 0.05) is 37.2 Å². The Morgan fingerprint density at radius 2 is 1.75 bits per heavy atom. The number of fused-ring (bicyclic) bond motifs is 3. The van der Waals surface area contributed by atoms with Gasteiger partial charge in [-0.1, -0.05) is 24.7 Å². The number of carbonyl (C=O) groups is 3. The monoisotopic (exact) mass is 549 g/mol. The molecule has 5 rings (SSSR count). The second-order valence-electron chi connectivity index (χ2n) is 11.8. The summed E-state index contributed by atoms with van der Waals surface area (Å²) in [7, 11) is 6.85. The standard InChI is InChI=1S/C30H35N3O7/c1-32(2)19-13-15(10-9-14-7-5-6-8-14)24(34)21-17(19)11-16-12-18-23(33(3)4)26(36)22(29(31)39)28(38)30(18,40)27(37)20(16)25(21)35/h13-14,16,18,23,34,36-37,40H,5-8,11-12H2,1-4H3,(H2,31,39). The molecule has 10 nitrogen and oxygen atoms in total. The first-order valence-electron chi connectivity index (χ1n) is 13.5. The molecule has 212 valence electrons. The number of rotatable bonds is 3. The summed E-state index contributed by atoms with van der Waals surface area (Å²) in [4.78, 5) is 43.0. The molecule has 6 N–H and O–H groups in total. The van der Waals surface area contributed by atoms with Crippen molar-refractivity contribution in [3.63, 3.8) is 0 Å². The molecule has 4 aliphatic carbocycles. The van der Waals surface area contributed by atoms with Gasteiger partial charge in [-0.15, -0.1) is 0 Å². The second-order valence-corrected chi connectivity index (χ2v) is 11.8. The third-order valence-corrected chi connectivity index (χ3v) is 8.95. The molecule has 0 heterocycles. The van der Waals surface area contributed by atoms with Gasteiger partial charge in [0.2, 0.25) is 5.78 Å². The number of anilines is 1. The van der Waals surface area contributed by atoms with Crippen LogP contribution in [0.5, 0.6) is 5.75 Å². The van der Waals surface area contributed by atoms with Gasteiger partial charge in [0.1, 0.15) is 22.8 Å². The molecule has 0 spiro atoms. The van der Waals surface area contributed by atoms with Gasteiger partial charge in [-0.05, 0) is 57.3 Å². The van der Waals surface area contributed by atoms with Crippen LogP contribution in [0.1, 0.15) is 53.6 Å². The number of aliphatic hydroxyl groups is 3. The van der Waals surface area contributed by atoms with Crippen molar-refractivity contribution in [2.75, 3.05) is 33.1 Å². The maximum absolute atomic E-state index is 14.1. The number of benzene rings is 1. The van der Waals surface area contributed by atoms with Gasteiger partial charge in [-0.3, -0.25) is 19.3 Å². The lowest BCUT2D eigenvalue weighted by Crippen LogP contribution is -2.63. The number of nitrogens with two attached hydrogens (primary N) is 1. The molecule has 1 aromatic rings. The minimum absolute atomic E-state index is 0.0253. The van der Waals surface area contributed by atoms with Crippen molar-refractivity contribution < 1.29 is 34.8 Å². The van der Waals surface area contributed by atoms with Crippen LogP contribution in [0.4, 0.5) is 5.69 Å². The quantitative estimate of drug-likeness (QED) is 0.279. The number of primary amides is 1. The normalized spacial score (nSPS) is 28.2. The molecule has 40 heavy (non-hydrogen) atoms. The Bertz CT molecular complexity index is 1460. The molecule has 0 saturated heterocycles. The van der Waals surface area contributed by atoms with Crippen LogP contribution in [0.2, 0.25) is 0 Å². The van der Waals surface area contributed by atoms with Gasteiger partial charge in [0.25, 0.3) is 5.91 Å². The predicted molar refractivity (Wildman–Crippen MR) is 147 cm³/mol. The zero-order chi connectivity index (χ0) is 29.3. The molecule has 0 bridgehead atoms. The maximum Gasteiger partial charge on any atom is 0.255 e. The molecule has 4 unspecified atom stereocenters. The Morgan fingerprint density at radius 3 is 2.33 bits per heavy atom. The molecule has 0 radical (unpaired) electrons. The van der Waals surface area contributed by atoms with E-state index in [1.807, 2.05) is 19.0 Å². The number of aromatic hydroxyl groups is 1. The van der Waals surface area contributed by atoms with Crippen LogP contribution < -0.4 is 10.6 Å². The second kappa shape index (κ2) is 9.68. The number of aliphatic hydroxyl groups excluding tert-OH is 2. The van der Waals surface area contributed by atoms with E-state index in [0.717, 1.165) is 25.7 Å². The largest absolute Gasteiger partial charge is 0.510 e. The van der Waals surface area contributed by atoms with E-state index in [0.29, 0.717) is 16.8 Å². The fourth-order valence-electron chi connectivity index (χ4n) is 7.04. The molecular weight excluding hydrogens is 514 g/mol. The summed E-state index contributed by atoms with van der Waals surface area (Å²) in [6.07, 6.45) is 4.45. The molecular formula is C30H35N3O7. The summed E-state index contributed by atoms with van der Waals surface area (Å²) >= 11 is 0. The summed E-state index contributed by atoms with van der Waals surface area (Å²) in [5, 5.41) is 45.4. The van der Waals surface area contributed by atoms with Crippen molar-refractivity contribution >= 4 is 23.2 Å². The first-order valence-corrected chi connectivity index (χ1v) is 13.5. The van der Waals surface area contributed by atoms with Crippen molar-refractivity contribution in [1.29, 1.82) is 0 Å². The minimum Gasteiger partial charge on any atom is -0.510 e. The van der Waals surface area contributed by atoms with Crippen molar-refractivity contribution in [2.45, 2.75) is 50.2 Å². The Kier molecular flexibility index (Phi) is 6.71. The highest BCUT2D eigenvalue weighted by Gasteiger charge is 2.63. The fraction of sp³-hybridized carbons (Fsp3) is 0.500. The Labute approximate surface area is 232 Å². The highest BCUT2D eigenvalue weighted by molar-refractivity contribution is 6.25. The minimum atomic E-state index is -2.66. The zero-order valence-electron chi connectivity index (χ0n) is 23.1. The smallest absolute Gasteiger partial charge is 0.255 e. The summed E-state index contributed by atoms with van der Waals surface area (Å²) in [6, 6.07) is 0.734. The number of phenols is 1. The lowest BCUT2D eigenvalue weighted by atomic mass is 9.58. The van der Waals surface area contributed by atoms with Gasteiger partial charge in [0.05, 0.1) is 17.2 Å². The number of Topliss-reactive ketones (excluding diaryl/α,β-unsaturated/α-hetero) is 2. The molecule has 0 aromatic heterocycles. The number of amides is 1. The molecule has 1 amide bonds. The van der Waals surface area contributed by atoms with Gasteiger partial charge < -0.3 is 31.1 Å². The lowest BCUT2D eigenvalue weighted by molar-refractivity contribution is -0.148. The SMILES string of the molecule is CN(C)c1cc(C#CC2CCCC2)c(O)c2c1CC1CC3C(N(C)C)C(O)=C(C(N)=O)C(=O)C3(O)C(O)=C1C2=O. The van der Waals surface area contributed by atoms with E-state index >= 15 is 0 Å². The molecule has 4 atom stereocenters. The van der Waals surface area contributed by atoms with Crippen LogP contribution in [-0.2, 0) is 16.0 Å². The number of phenolic OH excluding ortho intramolecular Hbond substituents is 1. The molecule has 4 aliphatic rings. The predicted octanol–water partition coefficient (Wildman–Crippen LogP) is 1.73. The van der Waals surface area contributed by atoms with Gasteiger partial charge >= 0.3 is 0 Å². The average molecular weight is 550 g/mol.